The molecule has 2 aromatic carbocycles. The Morgan fingerprint density at radius 3 is 2.93 bits per heavy atom. The topological polar surface area (TPSA) is 86.9 Å². The Labute approximate surface area is 169 Å². The van der Waals surface area contributed by atoms with Gasteiger partial charge in [0.15, 0.2) is 0 Å². The Morgan fingerprint density at radius 2 is 2.14 bits per heavy atom. The summed E-state index contributed by atoms with van der Waals surface area (Å²) in [7, 11) is 1.66. The Morgan fingerprint density at radius 1 is 1.25 bits per heavy atom. The normalized spacial score (nSPS) is 10.9. The van der Waals surface area contributed by atoms with E-state index in [0.717, 1.165) is 21.1 Å². The number of nitrogens with zero attached hydrogens (tertiary/aromatic N) is 5. The number of amides is 1. The third kappa shape index (κ3) is 3.48. The van der Waals surface area contributed by atoms with Crippen LogP contribution in [0, 0.1) is 0 Å². The molecule has 8 nitrogen and oxygen atoms in total. The Kier molecular flexibility index (Phi) is 5.07. The number of halogens is 1. The predicted molar refractivity (Wildman–Crippen MR) is 108 cm³/mol. The first-order chi connectivity index (χ1) is 13.7. The van der Waals surface area contributed by atoms with E-state index in [1.54, 1.807) is 19.2 Å². The lowest BCUT2D eigenvalue weighted by molar-refractivity contribution is 0.0952. The molecule has 2 heterocycles. The Bertz CT molecular complexity index is 1120. The number of carbonyl (C=O) groups is 1. The lowest BCUT2D eigenvalue weighted by Gasteiger charge is -2.11. The molecule has 0 aliphatic rings. The first kappa shape index (κ1) is 18.2. The molecule has 0 radical (unpaired) electrons. The van der Waals surface area contributed by atoms with Gasteiger partial charge in [0.1, 0.15) is 12.1 Å². The number of fused-ring (bicyclic) bond motifs is 1. The molecule has 0 saturated heterocycles. The molecule has 0 fully saturated rings. The summed E-state index contributed by atoms with van der Waals surface area (Å²) >= 11 is 3.41. The SMILES string of the molecule is COc1cccc2c1ccn2CCNC(=O)c1cc(Br)ccc1-n1cnnn1. The molecule has 1 amide bonds. The van der Waals surface area contributed by atoms with E-state index in [1.807, 2.05) is 36.5 Å². The van der Waals surface area contributed by atoms with Gasteiger partial charge in [0, 0.05) is 29.1 Å². The van der Waals surface area contributed by atoms with Gasteiger partial charge in [0.2, 0.25) is 0 Å². The van der Waals surface area contributed by atoms with Crippen LogP contribution in [-0.4, -0.2) is 44.3 Å². The molecule has 1 N–H and O–H groups in total. The summed E-state index contributed by atoms with van der Waals surface area (Å²) in [6.45, 7) is 1.11. The third-order valence-electron chi connectivity index (χ3n) is 4.43. The van der Waals surface area contributed by atoms with E-state index in [4.69, 9.17) is 4.74 Å². The molecule has 4 rings (SSSR count). The zero-order valence-electron chi connectivity index (χ0n) is 15.0. The monoisotopic (exact) mass is 440 g/mol. The van der Waals surface area contributed by atoms with E-state index in [0.29, 0.717) is 24.3 Å². The number of hydrogen-bond donors (Lipinski definition) is 1. The summed E-state index contributed by atoms with van der Waals surface area (Å²) in [5.74, 6) is 0.640. The lowest BCUT2D eigenvalue weighted by atomic mass is 10.1. The standard InChI is InChI=1S/C19H17BrN6O2/c1-28-18-4-2-3-16-14(18)7-9-25(16)10-8-21-19(27)15-11-13(20)5-6-17(15)26-12-22-23-24-26/h2-7,9,11-12H,8,10H2,1H3,(H,21,27). The van der Waals surface area contributed by atoms with Crippen molar-refractivity contribution in [2.75, 3.05) is 13.7 Å². The molecule has 0 saturated carbocycles. The van der Waals surface area contributed by atoms with E-state index >= 15 is 0 Å². The number of benzene rings is 2. The zero-order chi connectivity index (χ0) is 19.5. The van der Waals surface area contributed by atoms with Crippen molar-refractivity contribution in [1.82, 2.24) is 30.1 Å². The highest BCUT2D eigenvalue weighted by molar-refractivity contribution is 9.10. The van der Waals surface area contributed by atoms with Crippen LogP contribution < -0.4 is 10.1 Å². The van der Waals surface area contributed by atoms with E-state index in [-0.39, 0.29) is 5.91 Å². The fraction of sp³-hybridized carbons (Fsp3) is 0.158. The van der Waals surface area contributed by atoms with Crippen LogP contribution in [0.3, 0.4) is 0 Å². The molecule has 0 aliphatic carbocycles. The summed E-state index contributed by atoms with van der Waals surface area (Å²) in [6.07, 6.45) is 3.45. The van der Waals surface area contributed by atoms with Crippen LogP contribution in [0.5, 0.6) is 5.75 Å². The molecule has 4 aromatic rings. The number of methoxy groups -OCH3 is 1. The molecule has 0 spiro atoms. The fourth-order valence-corrected chi connectivity index (χ4v) is 3.48. The second-order valence-corrected chi connectivity index (χ2v) is 6.99. The van der Waals surface area contributed by atoms with Gasteiger partial charge in [-0.15, -0.1) is 5.10 Å². The van der Waals surface area contributed by atoms with Crippen LogP contribution in [0.25, 0.3) is 16.6 Å². The molecule has 0 bridgehead atoms. The summed E-state index contributed by atoms with van der Waals surface area (Å²) in [6, 6.07) is 13.3. The van der Waals surface area contributed by atoms with Crippen LogP contribution in [0.2, 0.25) is 0 Å². The molecule has 0 unspecified atom stereocenters. The molecule has 28 heavy (non-hydrogen) atoms. The predicted octanol–water partition coefficient (Wildman–Crippen LogP) is 2.82. The average molecular weight is 441 g/mol. The maximum atomic E-state index is 12.8. The number of hydrogen-bond acceptors (Lipinski definition) is 5. The number of carbonyl (C=O) groups excluding carboxylic acids is 1. The highest BCUT2D eigenvalue weighted by Crippen LogP contribution is 2.26. The van der Waals surface area contributed by atoms with Crippen molar-refractivity contribution in [1.29, 1.82) is 0 Å². The van der Waals surface area contributed by atoms with Gasteiger partial charge in [0.25, 0.3) is 5.91 Å². The smallest absolute Gasteiger partial charge is 0.253 e. The summed E-state index contributed by atoms with van der Waals surface area (Å²) in [5.41, 5.74) is 2.16. The van der Waals surface area contributed by atoms with Crippen molar-refractivity contribution in [3.05, 3.63) is 65.0 Å². The Hall–Kier alpha value is -3.20. The van der Waals surface area contributed by atoms with Gasteiger partial charge in [-0.05, 0) is 46.8 Å². The van der Waals surface area contributed by atoms with Gasteiger partial charge in [-0.3, -0.25) is 4.79 Å². The maximum Gasteiger partial charge on any atom is 0.253 e. The van der Waals surface area contributed by atoms with Gasteiger partial charge in [-0.25, -0.2) is 0 Å². The van der Waals surface area contributed by atoms with Crippen LogP contribution in [0.15, 0.2) is 59.5 Å². The van der Waals surface area contributed by atoms with Crippen LogP contribution >= 0.6 is 15.9 Å². The minimum absolute atomic E-state index is 0.194. The maximum absolute atomic E-state index is 12.8. The first-order valence-corrected chi connectivity index (χ1v) is 9.39. The molecule has 0 aliphatic heterocycles. The molecule has 0 atom stereocenters. The van der Waals surface area contributed by atoms with Crippen molar-refractivity contribution in [2.45, 2.75) is 6.54 Å². The van der Waals surface area contributed by atoms with Crippen molar-refractivity contribution in [3.63, 3.8) is 0 Å². The van der Waals surface area contributed by atoms with Gasteiger partial charge in [-0.1, -0.05) is 22.0 Å². The second-order valence-electron chi connectivity index (χ2n) is 6.07. The molecule has 2 aromatic heterocycles. The number of nitrogens with one attached hydrogen (secondary N) is 1. The number of aromatic nitrogens is 5. The zero-order valence-corrected chi connectivity index (χ0v) is 16.6. The lowest BCUT2D eigenvalue weighted by Crippen LogP contribution is -2.28. The van der Waals surface area contributed by atoms with Crippen LogP contribution in [-0.2, 0) is 6.54 Å². The van der Waals surface area contributed by atoms with E-state index in [2.05, 4.69) is 41.3 Å². The minimum Gasteiger partial charge on any atom is -0.496 e. The highest BCUT2D eigenvalue weighted by Gasteiger charge is 2.14. The summed E-state index contributed by atoms with van der Waals surface area (Å²) in [4.78, 5) is 12.8. The Balaban J connectivity index is 1.50. The summed E-state index contributed by atoms with van der Waals surface area (Å²) < 4.78 is 9.75. The van der Waals surface area contributed by atoms with Crippen molar-refractivity contribution < 1.29 is 9.53 Å². The van der Waals surface area contributed by atoms with Crippen LogP contribution in [0.1, 0.15) is 10.4 Å². The van der Waals surface area contributed by atoms with Crippen LogP contribution in [0.4, 0.5) is 0 Å². The third-order valence-corrected chi connectivity index (χ3v) is 4.92. The number of tetrazole rings is 1. The van der Waals surface area contributed by atoms with Crippen molar-refractivity contribution in [3.8, 4) is 11.4 Å². The van der Waals surface area contributed by atoms with Gasteiger partial charge < -0.3 is 14.6 Å². The second kappa shape index (κ2) is 7.81. The van der Waals surface area contributed by atoms with Gasteiger partial charge in [0.05, 0.1) is 23.9 Å². The summed E-state index contributed by atoms with van der Waals surface area (Å²) in [5, 5.41) is 15.2. The van der Waals surface area contributed by atoms with E-state index < -0.39 is 0 Å². The van der Waals surface area contributed by atoms with E-state index in [9.17, 15) is 4.79 Å². The highest BCUT2D eigenvalue weighted by atomic mass is 79.9. The molecular formula is C19H17BrN6O2. The first-order valence-electron chi connectivity index (χ1n) is 8.60. The van der Waals surface area contributed by atoms with E-state index in [1.165, 1.54) is 11.0 Å². The largest absolute Gasteiger partial charge is 0.496 e. The quantitative estimate of drug-likeness (QED) is 0.497. The van der Waals surface area contributed by atoms with Crippen molar-refractivity contribution >= 4 is 32.7 Å². The average Bonchev–Trinajstić information content (AvgIpc) is 3.38. The molecule has 9 heteroatoms. The van der Waals surface area contributed by atoms with Gasteiger partial charge in [-0.2, -0.15) is 4.68 Å². The molecular weight excluding hydrogens is 424 g/mol. The minimum atomic E-state index is -0.194. The van der Waals surface area contributed by atoms with Gasteiger partial charge >= 0.3 is 0 Å². The fourth-order valence-electron chi connectivity index (χ4n) is 3.11. The number of ether oxygens (including phenoxy) is 1. The number of rotatable bonds is 6. The molecule has 142 valence electrons. The van der Waals surface area contributed by atoms with Crippen molar-refractivity contribution in [2.24, 2.45) is 0 Å².